The van der Waals surface area contributed by atoms with Crippen molar-refractivity contribution in [3.8, 4) is 0 Å². The van der Waals surface area contributed by atoms with E-state index >= 15 is 0 Å². The van der Waals surface area contributed by atoms with E-state index in [0.717, 1.165) is 12.1 Å². The molecule has 1 rings (SSSR count). The molecule has 0 saturated heterocycles. The number of benzene rings is 1. The summed E-state index contributed by atoms with van der Waals surface area (Å²) in [5, 5.41) is 2.88. The van der Waals surface area contributed by atoms with E-state index in [1.807, 2.05) is 30.5 Å². The molecule has 17 heavy (non-hydrogen) atoms. The molecular formula is C13H20N2OS. The summed E-state index contributed by atoms with van der Waals surface area (Å²) in [6.45, 7) is 2.69. The number of nitrogens with two attached hydrogens (primary N) is 1. The summed E-state index contributed by atoms with van der Waals surface area (Å²) in [7, 11) is 0. The average molecular weight is 252 g/mol. The zero-order chi connectivity index (χ0) is 12.7. The number of hydrogen-bond acceptors (Lipinski definition) is 3. The van der Waals surface area contributed by atoms with Gasteiger partial charge in [-0.25, -0.2) is 0 Å². The second kappa shape index (κ2) is 7.35. The van der Waals surface area contributed by atoms with Gasteiger partial charge in [-0.05, 0) is 49.4 Å². The molecule has 0 saturated carbocycles. The van der Waals surface area contributed by atoms with Gasteiger partial charge in [0.05, 0.1) is 0 Å². The fraction of sp³-hybridized carbons (Fsp3) is 0.462. The molecule has 0 fully saturated rings. The molecular weight excluding hydrogens is 232 g/mol. The first-order chi connectivity index (χ1) is 8.15. The van der Waals surface area contributed by atoms with Crippen LogP contribution in [0.15, 0.2) is 29.2 Å². The van der Waals surface area contributed by atoms with Crippen LogP contribution in [0.25, 0.3) is 0 Å². The number of thioether (sulfide) groups is 1. The van der Waals surface area contributed by atoms with E-state index in [1.165, 1.54) is 4.90 Å². The highest BCUT2D eigenvalue weighted by Crippen LogP contribution is 2.17. The van der Waals surface area contributed by atoms with Crippen LogP contribution in [0.3, 0.4) is 0 Å². The van der Waals surface area contributed by atoms with E-state index in [0.29, 0.717) is 18.9 Å². The van der Waals surface area contributed by atoms with Gasteiger partial charge in [0.25, 0.3) is 0 Å². The Hall–Kier alpha value is -1.00. The lowest BCUT2D eigenvalue weighted by atomic mass is 10.1. The van der Waals surface area contributed by atoms with Crippen molar-refractivity contribution in [1.29, 1.82) is 0 Å². The summed E-state index contributed by atoms with van der Waals surface area (Å²) in [4.78, 5) is 12.8. The molecule has 1 aromatic carbocycles. The molecule has 0 heterocycles. The standard InChI is InChI=1S/C13H20N2OS/c1-10(9-14)3-8-13(16)15-11-4-6-12(17-2)7-5-11/h4-7,10H,3,8-9,14H2,1-2H3,(H,15,16). The third-order valence-corrected chi connectivity index (χ3v) is 3.38. The van der Waals surface area contributed by atoms with Crippen molar-refractivity contribution in [2.75, 3.05) is 18.1 Å². The van der Waals surface area contributed by atoms with Gasteiger partial charge in [-0.2, -0.15) is 0 Å². The molecule has 1 unspecified atom stereocenters. The highest BCUT2D eigenvalue weighted by Gasteiger charge is 2.05. The van der Waals surface area contributed by atoms with Crippen molar-refractivity contribution in [1.82, 2.24) is 0 Å². The Balaban J connectivity index is 2.39. The van der Waals surface area contributed by atoms with Gasteiger partial charge in [0, 0.05) is 17.0 Å². The normalized spacial score (nSPS) is 12.2. The van der Waals surface area contributed by atoms with Crippen molar-refractivity contribution in [2.45, 2.75) is 24.7 Å². The molecule has 0 aliphatic carbocycles. The van der Waals surface area contributed by atoms with Crippen LogP contribution in [0.1, 0.15) is 19.8 Å². The lowest BCUT2D eigenvalue weighted by molar-refractivity contribution is -0.116. The summed E-state index contributed by atoms with van der Waals surface area (Å²) in [5.41, 5.74) is 6.36. The number of hydrogen-bond donors (Lipinski definition) is 2. The van der Waals surface area contributed by atoms with Crippen molar-refractivity contribution in [2.24, 2.45) is 11.7 Å². The zero-order valence-corrected chi connectivity index (χ0v) is 11.2. The summed E-state index contributed by atoms with van der Waals surface area (Å²) in [6, 6.07) is 7.86. The van der Waals surface area contributed by atoms with Crippen molar-refractivity contribution in [3.63, 3.8) is 0 Å². The molecule has 0 radical (unpaired) electrons. The first-order valence-electron chi connectivity index (χ1n) is 5.79. The summed E-state index contributed by atoms with van der Waals surface area (Å²) < 4.78 is 0. The van der Waals surface area contributed by atoms with Gasteiger partial charge in [-0.3, -0.25) is 4.79 Å². The molecule has 0 aromatic heterocycles. The predicted octanol–water partition coefficient (Wildman–Crippen LogP) is 2.72. The van der Waals surface area contributed by atoms with Gasteiger partial charge in [0.2, 0.25) is 5.91 Å². The Morgan fingerprint density at radius 2 is 2.06 bits per heavy atom. The van der Waals surface area contributed by atoms with Crippen LogP contribution in [-0.4, -0.2) is 18.7 Å². The monoisotopic (exact) mass is 252 g/mol. The Kier molecular flexibility index (Phi) is 6.08. The Labute approximate surface area is 107 Å². The predicted molar refractivity (Wildman–Crippen MR) is 74.3 cm³/mol. The molecule has 94 valence electrons. The lowest BCUT2D eigenvalue weighted by Crippen LogP contribution is -2.16. The largest absolute Gasteiger partial charge is 0.330 e. The van der Waals surface area contributed by atoms with Gasteiger partial charge in [-0.15, -0.1) is 11.8 Å². The van der Waals surface area contributed by atoms with Crippen molar-refractivity contribution in [3.05, 3.63) is 24.3 Å². The summed E-state index contributed by atoms with van der Waals surface area (Å²) >= 11 is 1.69. The van der Waals surface area contributed by atoms with E-state index in [4.69, 9.17) is 5.73 Å². The SMILES string of the molecule is CSc1ccc(NC(=O)CCC(C)CN)cc1. The minimum Gasteiger partial charge on any atom is -0.330 e. The van der Waals surface area contributed by atoms with E-state index in [9.17, 15) is 4.79 Å². The van der Waals surface area contributed by atoms with Crippen LogP contribution in [0.5, 0.6) is 0 Å². The molecule has 0 spiro atoms. The van der Waals surface area contributed by atoms with E-state index in [2.05, 4.69) is 12.2 Å². The van der Waals surface area contributed by atoms with Crippen LogP contribution in [-0.2, 0) is 4.79 Å². The van der Waals surface area contributed by atoms with Crippen LogP contribution < -0.4 is 11.1 Å². The molecule has 1 amide bonds. The fourth-order valence-electron chi connectivity index (χ4n) is 1.39. The second-order valence-electron chi connectivity index (χ2n) is 4.16. The molecule has 0 aliphatic rings. The third kappa shape index (κ3) is 5.24. The molecule has 0 aliphatic heterocycles. The maximum atomic E-state index is 11.6. The summed E-state index contributed by atoms with van der Waals surface area (Å²) in [6.07, 6.45) is 3.40. The number of amides is 1. The second-order valence-corrected chi connectivity index (χ2v) is 5.04. The molecule has 3 N–H and O–H groups in total. The van der Waals surface area contributed by atoms with E-state index in [-0.39, 0.29) is 5.91 Å². The maximum Gasteiger partial charge on any atom is 0.224 e. The van der Waals surface area contributed by atoms with Crippen molar-refractivity contribution < 1.29 is 4.79 Å². The van der Waals surface area contributed by atoms with Gasteiger partial charge in [0.1, 0.15) is 0 Å². The highest BCUT2D eigenvalue weighted by molar-refractivity contribution is 7.98. The highest BCUT2D eigenvalue weighted by atomic mass is 32.2. The third-order valence-electron chi connectivity index (χ3n) is 2.64. The number of rotatable bonds is 6. The molecule has 4 heteroatoms. The van der Waals surface area contributed by atoms with Crippen LogP contribution in [0, 0.1) is 5.92 Å². The number of nitrogens with one attached hydrogen (secondary N) is 1. The van der Waals surface area contributed by atoms with Gasteiger partial charge in [-0.1, -0.05) is 6.92 Å². The van der Waals surface area contributed by atoms with Crippen LogP contribution in [0.4, 0.5) is 5.69 Å². The number of carbonyl (C=O) groups is 1. The quantitative estimate of drug-likeness (QED) is 0.765. The Morgan fingerprint density at radius 3 is 2.59 bits per heavy atom. The fourth-order valence-corrected chi connectivity index (χ4v) is 1.80. The summed E-state index contributed by atoms with van der Waals surface area (Å²) in [5.74, 6) is 0.460. The zero-order valence-electron chi connectivity index (χ0n) is 10.4. The molecule has 0 bridgehead atoms. The van der Waals surface area contributed by atoms with Crippen molar-refractivity contribution >= 4 is 23.4 Å². The van der Waals surface area contributed by atoms with E-state index < -0.39 is 0 Å². The van der Waals surface area contributed by atoms with Gasteiger partial charge in [0.15, 0.2) is 0 Å². The topological polar surface area (TPSA) is 55.1 Å². The average Bonchev–Trinajstić information content (AvgIpc) is 2.36. The smallest absolute Gasteiger partial charge is 0.224 e. The molecule has 1 atom stereocenters. The van der Waals surface area contributed by atoms with Crippen LogP contribution >= 0.6 is 11.8 Å². The first kappa shape index (κ1) is 14.1. The number of carbonyl (C=O) groups excluding carboxylic acids is 1. The lowest BCUT2D eigenvalue weighted by Gasteiger charge is -2.09. The molecule has 1 aromatic rings. The van der Waals surface area contributed by atoms with Crippen LogP contribution in [0.2, 0.25) is 0 Å². The first-order valence-corrected chi connectivity index (χ1v) is 7.02. The maximum absolute atomic E-state index is 11.6. The minimum atomic E-state index is 0.0576. The van der Waals surface area contributed by atoms with Gasteiger partial charge >= 0.3 is 0 Å². The van der Waals surface area contributed by atoms with Gasteiger partial charge < -0.3 is 11.1 Å². The Morgan fingerprint density at radius 1 is 1.41 bits per heavy atom. The Bertz CT molecular complexity index is 351. The minimum absolute atomic E-state index is 0.0576. The molecule has 3 nitrogen and oxygen atoms in total. The van der Waals surface area contributed by atoms with E-state index in [1.54, 1.807) is 11.8 Å². The number of anilines is 1.